The fourth-order valence-corrected chi connectivity index (χ4v) is 4.56. The number of hydrogen-bond donors (Lipinski definition) is 1. The van der Waals surface area contributed by atoms with Gasteiger partial charge in [0.2, 0.25) is 10.0 Å². The topological polar surface area (TPSA) is 63.4 Å². The van der Waals surface area contributed by atoms with Gasteiger partial charge in [-0.1, -0.05) is 37.0 Å². The molecule has 1 aliphatic carbocycles. The molecule has 21 heavy (non-hydrogen) atoms. The van der Waals surface area contributed by atoms with E-state index in [1.165, 1.54) is 12.1 Å². The molecule has 0 aromatic heterocycles. The van der Waals surface area contributed by atoms with Gasteiger partial charge in [0.05, 0.1) is 15.7 Å². The summed E-state index contributed by atoms with van der Waals surface area (Å²) >= 11 is 12.0. The second-order valence-corrected chi connectivity index (χ2v) is 8.45. The summed E-state index contributed by atoms with van der Waals surface area (Å²) in [5, 5.41) is 0.275. The molecule has 2 N–H and O–H groups in total. The quantitative estimate of drug-likeness (QED) is 0.794. The van der Waals surface area contributed by atoms with Gasteiger partial charge in [-0.15, -0.1) is 0 Å². The third-order valence-corrected chi connectivity index (χ3v) is 6.40. The molecule has 2 rings (SSSR count). The average molecular weight is 351 g/mol. The van der Waals surface area contributed by atoms with Gasteiger partial charge in [-0.05, 0) is 37.3 Å². The highest BCUT2D eigenvalue weighted by atomic mass is 35.5. The summed E-state index contributed by atoms with van der Waals surface area (Å²) in [5.74, 6) is 0.437. The lowest BCUT2D eigenvalue weighted by atomic mass is 10.1. The van der Waals surface area contributed by atoms with Crippen LogP contribution in [0.5, 0.6) is 0 Å². The van der Waals surface area contributed by atoms with Crippen molar-refractivity contribution in [2.45, 2.75) is 44.0 Å². The monoisotopic (exact) mass is 350 g/mol. The van der Waals surface area contributed by atoms with Crippen molar-refractivity contribution < 1.29 is 8.42 Å². The van der Waals surface area contributed by atoms with E-state index in [0.717, 1.165) is 19.3 Å². The summed E-state index contributed by atoms with van der Waals surface area (Å²) < 4.78 is 27.3. The lowest BCUT2D eigenvalue weighted by Gasteiger charge is -2.23. The van der Waals surface area contributed by atoms with E-state index in [4.69, 9.17) is 28.9 Å². The first-order valence-electron chi connectivity index (χ1n) is 7.00. The van der Waals surface area contributed by atoms with E-state index >= 15 is 0 Å². The van der Waals surface area contributed by atoms with E-state index in [9.17, 15) is 8.42 Å². The van der Waals surface area contributed by atoms with Crippen molar-refractivity contribution >= 4 is 38.9 Å². The highest BCUT2D eigenvalue weighted by Crippen LogP contribution is 2.38. The number of nitrogens with zero attached hydrogens (tertiary/aromatic N) is 1. The zero-order valence-electron chi connectivity index (χ0n) is 12.1. The molecule has 118 valence electrons. The first-order valence-corrected chi connectivity index (χ1v) is 9.20. The van der Waals surface area contributed by atoms with Crippen LogP contribution in [0.2, 0.25) is 10.0 Å². The molecule has 1 aromatic carbocycles. The van der Waals surface area contributed by atoms with Crippen molar-refractivity contribution in [3.05, 3.63) is 22.2 Å². The summed E-state index contributed by atoms with van der Waals surface area (Å²) in [4.78, 5) is 0.0433. The molecule has 0 unspecified atom stereocenters. The van der Waals surface area contributed by atoms with Gasteiger partial charge < -0.3 is 5.73 Å². The van der Waals surface area contributed by atoms with E-state index in [-0.39, 0.29) is 26.7 Å². The number of nitrogen functional groups attached to an aromatic ring is 1. The van der Waals surface area contributed by atoms with Gasteiger partial charge in [0.15, 0.2) is 0 Å². The first kappa shape index (κ1) is 16.9. The van der Waals surface area contributed by atoms with Gasteiger partial charge in [-0.2, -0.15) is 4.31 Å². The van der Waals surface area contributed by atoms with Gasteiger partial charge in [0.25, 0.3) is 0 Å². The number of sulfonamides is 1. The van der Waals surface area contributed by atoms with Crippen LogP contribution >= 0.6 is 23.2 Å². The van der Waals surface area contributed by atoms with Gasteiger partial charge >= 0.3 is 0 Å². The second-order valence-electron chi connectivity index (χ2n) is 5.80. The smallest absolute Gasteiger partial charge is 0.244 e. The molecule has 1 fully saturated rings. The van der Waals surface area contributed by atoms with Crippen molar-refractivity contribution in [3.63, 3.8) is 0 Å². The Morgan fingerprint density at radius 2 is 1.95 bits per heavy atom. The van der Waals surface area contributed by atoms with Gasteiger partial charge in [0.1, 0.15) is 4.90 Å². The molecule has 0 heterocycles. The number of rotatable bonds is 6. The second kappa shape index (κ2) is 6.32. The van der Waals surface area contributed by atoms with Crippen molar-refractivity contribution in [1.29, 1.82) is 0 Å². The normalized spacial score (nSPS) is 15.9. The first-order chi connectivity index (χ1) is 9.75. The predicted molar refractivity (Wildman–Crippen MR) is 87.2 cm³/mol. The Morgan fingerprint density at radius 3 is 2.48 bits per heavy atom. The third kappa shape index (κ3) is 3.65. The Bertz CT molecular complexity index is 628. The molecule has 7 heteroatoms. The van der Waals surface area contributed by atoms with E-state index in [2.05, 4.69) is 13.8 Å². The van der Waals surface area contributed by atoms with Gasteiger partial charge in [-0.25, -0.2) is 8.42 Å². The minimum atomic E-state index is -3.64. The van der Waals surface area contributed by atoms with Crippen LogP contribution < -0.4 is 5.73 Å². The maximum Gasteiger partial charge on any atom is 0.244 e. The molecule has 0 atom stereocenters. The van der Waals surface area contributed by atoms with Crippen molar-refractivity contribution in [1.82, 2.24) is 4.31 Å². The summed E-state index contributed by atoms with van der Waals surface area (Å²) in [6.07, 6.45) is 2.62. The van der Waals surface area contributed by atoms with Crippen LogP contribution in [0.25, 0.3) is 0 Å². The third-order valence-electron chi connectivity index (χ3n) is 3.56. The Kier molecular flexibility index (Phi) is 5.08. The zero-order valence-corrected chi connectivity index (χ0v) is 14.5. The largest absolute Gasteiger partial charge is 0.396 e. The standard InChI is InChI=1S/C14H20Cl2N2O2S/c1-9(2)7-8-18(10-3-4-10)21(19,20)12-6-5-11(15)14(17)13(12)16/h5-6,9-10H,3-4,7-8,17H2,1-2H3. The number of nitrogens with two attached hydrogens (primary N) is 1. The average Bonchev–Trinajstić information content (AvgIpc) is 3.19. The van der Waals surface area contributed by atoms with Crippen molar-refractivity contribution in [2.75, 3.05) is 12.3 Å². The van der Waals surface area contributed by atoms with E-state index in [1.807, 2.05) is 0 Å². The minimum Gasteiger partial charge on any atom is -0.396 e. The fraction of sp³-hybridized carbons (Fsp3) is 0.571. The van der Waals surface area contributed by atoms with E-state index < -0.39 is 10.0 Å². The number of anilines is 1. The number of halogens is 2. The molecular formula is C14H20Cl2N2O2S. The number of hydrogen-bond acceptors (Lipinski definition) is 3. The van der Waals surface area contributed by atoms with E-state index in [0.29, 0.717) is 12.5 Å². The molecular weight excluding hydrogens is 331 g/mol. The molecule has 0 aliphatic heterocycles. The SMILES string of the molecule is CC(C)CCN(C1CC1)S(=O)(=O)c1ccc(Cl)c(N)c1Cl. The van der Waals surface area contributed by atoms with Crippen LogP contribution in [0, 0.1) is 5.92 Å². The molecule has 0 radical (unpaired) electrons. The molecule has 1 aliphatic rings. The minimum absolute atomic E-state index is 0.0118. The zero-order chi connectivity index (χ0) is 15.8. The van der Waals surface area contributed by atoms with Crippen LogP contribution in [0.15, 0.2) is 17.0 Å². The van der Waals surface area contributed by atoms with Crippen LogP contribution in [-0.4, -0.2) is 25.3 Å². The molecule has 0 spiro atoms. The lowest BCUT2D eigenvalue weighted by Crippen LogP contribution is -2.34. The maximum absolute atomic E-state index is 12.9. The Labute approximate surface area is 136 Å². The van der Waals surface area contributed by atoms with Gasteiger partial charge in [0, 0.05) is 12.6 Å². The molecule has 1 aromatic rings. The Hall–Kier alpha value is -0.490. The van der Waals surface area contributed by atoms with Crippen LogP contribution in [0.3, 0.4) is 0 Å². The number of benzene rings is 1. The summed E-state index contributed by atoms with van der Waals surface area (Å²) in [6.45, 7) is 4.65. The highest BCUT2D eigenvalue weighted by molar-refractivity contribution is 7.89. The van der Waals surface area contributed by atoms with Crippen molar-refractivity contribution in [2.24, 2.45) is 5.92 Å². The van der Waals surface area contributed by atoms with Crippen LogP contribution in [-0.2, 0) is 10.0 Å². The molecule has 1 saturated carbocycles. The van der Waals surface area contributed by atoms with Crippen LogP contribution in [0.4, 0.5) is 5.69 Å². The summed E-state index contributed by atoms with van der Waals surface area (Å²) in [6, 6.07) is 2.99. The molecule has 0 saturated heterocycles. The van der Waals surface area contributed by atoms with E-state index in [1.54, 1.807) is 4.31 Å². The Balaban J connectivity index is 2.37. The maximum atomic E-state index is 12.9. The lowest BCUT2D eigenvalue weighted by molar-refractivity contribution is 0.373. The molecule has 0 amide bonds. The Morgan fingerprint density at radius 1 is 1.33 bits per heavy atom. The van der Waals surface area contributed by atoms with Crippen LogP contribution in [0.1, 0.15) is 33.1 Å². The highest BCUT2D eigenvalue weighted by Gasteiger charge is 2.39. The summed E-state index contributed by atoms with van der Waals surface area (Å²) in [7, 11) is -3.64. The molecule has 4 nitrogen and oxygen atoms in total. The van der Waals surface area contributed by atoms with Gasteiger partial charge in [-0.3, -0.25) is 0 Å². The van der Waals surface area contributed by atoms with Crippen molar-refractivity contribution in [3.8, 4) is 0 Å². The summed E-state index contributed by atoms with van der Waals surface area (Å²) in [5.41, 5.74) is 5.86. The molecule has 0 bridgehead atoms. The fourth-order valence-electron chi connectivity index (χ4n) is 2.12. The predicted octanol–water partition coefficient (Wildman–Crippen LogP) is 3.77.